The molecule has 2 rings (SSSR count). The predicted molar refractivity (Wildman–Crippen MR) is 75.4 cm³/mol. The Kier molecular flexibility index (Phi) is 3.73. The summed E-state index contributed by atoms with van der Waals surface area (Å²) in [5.74, 6) is 0. The summed E-state index contributed by atoms with van der Waals surface area (Å²) in [6, 6.07) is 8.29. The van der Waals surface area contributed by atoms with Crippen molar-refractivity contribution in [1.82, 2.24) is 9.78 Å². The van der Waals surface area contributed by atoms with Crippen LogP contribution in [0.25, 0.3) is 5.69 Å². The molecule has 0 amide bonds. The number of benzene rings is 1. The van der Waals surface area contributed by atoms with E-state index in [-0.39, 0.29) is 6.04 Å². The van der Waals surface area contributed by atoms with E-state index < -0.39 is 0 Å². The molecule has 0 radical (unpaired) electrons. The van der Waals surface area contributed by atoms with E-state index in [2.05, 4.69) is 11.2 Å². The Labute approximate surface area is 113 Å². The molecule has 1 unspecified atom stereocenters. The van der Waals surface area contributed by atoms with Gasteiger partial charge in [-0.25, -0.2) is 4.68 Å². The van der Waals surface area contributed by atoms with Gasteiger partial charge in [-0.3, -0.25) is 0 Å². The number of hydrogen-bond acceptors (Lipinski definition) is 2. The normalized spacial score (nSPS) is 12.7. The van der Waals surface area contributed by atoms with Gasteiger partial charge in [0.2, 0.25) is 0 Å². The zero-order valence-corrected chi connectivity index (χ0v) is 11.7. The van der Waals surface area contributed by atoms with Gasteiger partial charge in [0.25, 0.3) is 0 Å². The highest BCUT2D eigenvalue weighted by Crippen LogP contribution is 2.24. The minimum atomic E-state index is 0.124. The number of para-hydroxylation sites is 1. The lowest BCUT2D eigenvalue weighted by Crippen LogP contribution is -2.19. The van der Waals surface area contributed by atoms with Crippen molar-refractivity contribution >= 4 is 11.6 Å². The van der Waals surface area contributed by atoms with Crippen LogP contribution in [-0.4, -0.2) is 15.8 Å². The minimum Gasteiger partial charge on any atom is -0.328 e. The second kappa shape index (κ2) is 5.12. The van der Waals surface area contributed by atoms with Crippen molar-refractivity contribution in [2.24, 2.45) is 5.73 Å². The summed E-state index contributed by atoms with van der Waals surface area (Å²) in [4.78, 5) is 0. The van der Waals surface area contributed by atoms with Crippen molar-refractivity contribution in [3.63, 3.8) is 0 Å². The third-order valence-electron chi connectivity index (χ3n) is 2.96. The maximum atomic E-state index is 6.20. The van der Waals surface area contributed by atoms with E-state index >= 15 is 0 Å². The third-order valence-corrected chi connectivity index (χ3v) is 3.51. The number of hydrogen-bond donors (Lipinski definition) is 1. The standard InChI is InChI=1S/C14H18ClN3/c1-9(16)8-12-6-4-5-7-13(12)18-11(3)14(15)10(2)17-18/h4-7,9H,8,16H2,1-3H3. The molecule has 0 spiro atoms. The first-order valence-corrected chi connectivity index (χ1v) is 6.44. The number of nitrogens with two attached hydrogens (primary N) is 1. The monoisotopic (exact) mass is 263 g/mol. The quantitative estimate of drug-likeness (QED) is 0.925. The highest BCUT2D eigenvalue weighted by atomic mass is 35.5. The van der Waals surface area contributed by atoms with Crippen LogP contribution < -0.4 is 5.73 Å². The topological polar surface area (TPSA) is 43.8 Å². The maximum Gasteiger partial charge on any atom is 0.0848 e. The molecule has 2 N–H and O–H groups in total. The van der Waals surface area contributed by atoms with Crippen LogP contribution in [0.15, 0.2) is 24.3 Å². The number of aryl methyl sites for hydroxylation is 1. The van der Waals surface area contributed by atoms with Gasteiger partial charge in [-0.15, -0.1) is 0 Å². The molecule has 2 aromatic rings. The van der Waals surface area contributed by atoms with E-state index in [0.717, 1.165) is 28.5 Å². The molecular formula is C14H18ClN3. The molecule has 96 valence electrons. The fraction of sp³-hybridized carbons (Fsp3) is 0.357. The summed E-state index contributed by atoms with van der Waals surface area (Å²) in [5, 5.41) is 5.22. The summed E-state index contributed by atoms with van der Waals surface area (Å²) in [5.41, 5.74) is 9.95. The third kappa shape index (κ3) is 2.42. The Morgan fingerprint density at radius 2 is 2.00 bits per heavy atom. The molecule has 0 aliphatic carbocycles. The molecule has 0 fully saturated rings. The van der Waals surface area contributed by atoms with E-state index in [0.29, 0.717) is 0 Å². The van der Waals surface area contributed by atoms with Gasteiger partial charge in [-0.1, -0.05) is 29.8 Å². The molecule has 0 aliphatic heterocycles. The van der Waals surface area contributed by atoms with Gasteiger partial charge in [0.1, 0.15) is 0 Å². The number of aromatic nitrogens is 2. The first-order chi connectivity index (χ1) is 8.50. The molecule has 0 saturated heterocycles. The van der Waals surface area contributed by atoms with Crippen molar-refractivity contribution in [3.05, 3.63) is 46.2 Å². The summed E-state index contributed by atoms with van der Waals surface area (Å²) < 4.78 is 1.90. The van der Waals surface area contributed by atoms with Crippen molar-refractivity contribution in [2.45, 2.75) is 33.2 Å². The van der Waals surface area contributed by atoms with Gasteiger partial charge >= 0.3 is 0 Å². The molecule has 3 nitrogen and oxygen atoms in total. The Balaban J connectivity index is 2.53. The second-order valence-electron chi connectivity index (χ2n) is 4.71. The molecule has 1 aromatic carbocycles. The molecule has 0 bridgehead atoms. The van der Waals surface area contributed by atoms with Crippen molar-refractivity contribution in [2.75, 3.05) is 0 Å². The summed E-state index contributed by atoms with van der Waals surface area (Å²) in [6.45, 7) is 5.90. The first kappa shape index (κ1) is 13.1. The Morgan fingerprint density at radius 1 is 1.33 bits per heavy atom. The van der Waals surface area contributed by atoms with Crippen LogP contribution in [0.4, 0.5) is 0 Å². The fourth-order valence-corrected chi connectivity index (χ4v) is 2.21. The van der Waals surface area contributed by atoms with Crippen LogP contribution in [0.3, 0.4) is 0 Å². The summed E-state index contributed by atoms with van der Waals surface area (Å²) in [7, 11) is 0. The van der Waals surface area contributed by atoms with E-state index in [1.54, 1.807) is 0 Å². The first-order valence-electron chi connectivity index (χ1n) is 6.06. The van der Waals surface area contributed by atoms with Crippen LogP contribution in [0, 0.1) is 13.8 Å². The average molecular weight is 264 g/mol. The zero-order valence-electron chi connectivity index (χ0n) is 10.9. The van der Waals surface area contributed by atoms with Gasteiger partial charge < -0.3 is 5.73 Å². The van der Waals surface area contributed by atoms with E-state index in [1.165, 1.54) is 5.56 Å². The highest BCUT2D eigenvalue weighted by molar-refractivity contribution is 6.31. The minimum absolute atomic E-state index is 0.124. The SMILES string of the molecule is Cc1nn(-c2ccccc2CC(C)N)c(C)c1Cl. The number of nitrogens with zero attached hydrogens (tertiary/aromatic N) is 2. The molecular weight excluding hydrogens is 246 g/mol. The second-order valence-corrected chi connectivity index (χ2v) is 5.08. The van der Waals surface area contributed by atoms with Crippen LogP contribution in [0.1, 0.15) is 23.9 Å². The number of rotatable bonds is 3. The van der Waals surface area contributed by atoms with Gasteiger partial charge in [0.05, 0.1) is 22.1 Å². The van der Waals surface area contributed by atoms with E-state index in [9.17, 15) is 0 Å². The molecule has 1 aromatic heterocycles. The smallest absolute Gasteiger partial charge is 0.0848 e. The Bertz CT molecular complexity index is 558. The zero-order chi connectivity index (χ0) is 13.3. The van der Waals surface area contributed by atoms with Crippen molar-refractivity contribution in [1.29, 1.82) is 0 Å². The fourth-order valence-electron chi connectivity index (χ4n) is 2.10. The number of halogens is 1. The lowest BCUT2D eigenvalue weighted by atomic mass is 10.1. The largest absolute Gasteiger partial charge is 0.328 e. The Morgan fingerprint density at radius 3 is 2.56 bits per heavy atom. The van der Waals surface area contributed by atoms with Crippen molar-refractivity contribution < 1.29 is 0 Å². The van der Waals surface area contributed by atoms with E-state index in [1.807, 2.05) is 43.7 Å². The van der Waals surface area contributed by atoms with Gasteiger partial charge in [0, 0.05) is 6.04 Å². The lowest BCUT2D eigenvalue weighted by molar-refractivity contribution is 0.724. The molecule has 0 saturated carbocycles. The molecule has 18 heavy (non-hydrogen) atoms. The molecule has 4 heteroatoms. The Hall–Kier alpha value is -1.32. The molecule has 1 atom stereocenters. The van der Waals surface area contributed by atoms with Crippen molar-refractivity contribution in [3.8, 4) is 5.69 Å². The lowest BCUT2D eigenvalue weighted by Gasteiger charge is -2.12. The van der Waals surface area contributed by atoms with Gasteiger partial charge in [0.15, 0.2) is 0 Å². The average Bonchev–Trinajstić information content (AvgIpc) is 2.57. The van der Waals surface area contributed by atoms with Gasteiger partial charge in [-0.05, 0) is 38.8 Å². The summed E-state index contributed by atoms with van der Waals surface area (Å²) >= 11 is 6.20. The van der Waals surface area contributed by atoms with Gasteiger partial charge in [-0.2, -0.15) is 5.10 Å². The maximum absolute atomic E-state index is 6.20. The van der Waals surface area contributed by atoms with Crippen LogP contribution in [-0.2, 0) is 6.42 Å². The predicted octanol–water partition coefficient (Wildman–Crippen LogP) is 3.03. The van der Waals surface area contributed by atoms with Crippen LogP contribution in [0.5, 0.6) is 0 Å². The summed E-state index contributed by atoms with van der Waals surface area (Å²) in [6.07, 6.45) is 0.826. The molecule has 0 aliphatic rings. The van der Waals surface area contributed by atoms with Crippen LogP contribution in [0.2, 0.25) is 5.02 Å². The molecule has 1 heterocycles. The van der Waals surface area contributed by atoms with Crippen LogP contribution >= 0.6 is 11.6 Å². The van der Waals surface area contributed by atoms with E-state index in [4.69, 9.17) is 17.3 Å². The highest BCUT2D eigenvalue weighted by Gasteiger charge is 2.13.